The Morgan fingerprint density at radius 2 is 1.44 bits per heavy atom. The fourth-order valence-corrected chi connectivity index (χ4v) is 3.20. The zero-order valence-electron chi connectivity index (χ0n) is 17.8. The lowest BCUT2D eigenvalue weighted by Gasteiger charge is -2.07. The summed E-state index contributed by atoms with van der Waals surface area (Å²) in [5.74, 6) is 0.503. The first-order chi connectivity index (χ1) is 15.5. The molecule has 1 aromatic heterocycles. The predicted molar refractivity (Wildman–Crippen MR) is 121 cm³/mol. The van der Waals surface area contributed by atoms with Crippen molar-refractivity contribution in [1.82, 2.24) is 20.8 Å². The molecule has 0 bridgehead atoms. The summed E-state index contributed by atoms with van der Waals surface area (Å²) in [6.07, 6.45) is 0. The van der Waals surface area contributed by atoms with E-state index in [0.717, 1.165) is 22.3 Å². The highest BCUT2D eigenvalue weighted by molar-refractivity contribution is 5.95. The number of carbonyl (C=O) groups excluding carboxylic acids is 2. The van der Waals surface area contributed by atoms with E-state index in [-0.39, 0.29) is 11.8 Å². The van der Waals surface area contributed by atoms with Crippen LogP contribution in [0.3, 0.4) is 0 Å². The van der Waals surface area contributed by atoms with Crippen molar-refractivity contribution >= 4 is 11.8 Å². The number of aryl methyl sites for hydroxylation is 1. The number of benzene rings is 3. The van der Waals surface area contributed by atoms with Crippen LogP contribution in [0.15, 0.2) is 77.2 Å². The van der Waals surface area contributed by atoms with E-state index in [0.29, 0.717) is 29.5 Å². The molecule has 0 saturated carbocycles. The molecule has 7 nitrogen and oxygen atoms in total. The second kappa shape index (κ2) is 9.26. The summed E-state index contributed by atoms with van der Waals surface area (Å²) >= 11 is 0. The highest BCUT2D eigenvalue weighted by Gasteiger charge is 2.12. The Morgan fingerprint density at radius 1 is 0.812 bits per heavy atom. The second-order valence-electron chi connectivity index (χ2n) is 7.32. The van der Waals surface area contributed by atoms with Gasteiger partial charge in [0.15, 0.2) is 0 Å². The molecule has 0 spiro atoms. The van der Waals surface area contributed by atoms with Crippen molar-refractivity contribution in [2.75, 3.05) is 7.05 Å². The zero-order valence-corrected chi connectivity index (χ0v) is 17.8. The summed E-state index contributed by atoms with van der Waals surface area (Å²) in [5, 5.41) is 13.7. The maximum absolute atomic E-state index is 12.5. The van der Waals surface area contributed by atoms with E-state index in [9.17, 15) is 9.59 Å². The SMILES string of the molecule is CNC(=O)c1ccc(CNC(=O)c2ccc(-c3nnc(-c4cccc(C)c4)o3)cc2)cc1. The molecule has 7 heteroatoms. The molecule has 0 unspecified atom stereocenters. The van der Waals surface area contributed by atoms with E-state index in [1.165, 1.54) is 0 Å². The fourth-order valence-electron chi connectivity index (χ4n) is 3.20. The molecule has 2 N–H and O–H groups in total. The molecule has 0 aliphatic carbocycles. The number of hydrogen-bond donors (Lipinski definition) is 2. The van der Waals surface area contributed by atoms with Crippen LogP contribution in [0.2, 0.25) is 0 Å². The van der Waals surface area contributed by atoms with Crippen molar-refractivity contribution in [3.8, 4) is 22.9 Å². The molecule has 2 amide bonds. The van der Waals surface area contributed by atoms with Crippen molar-refractivity contribution in [3.63, 3.8) is 0 Å². The molecule has 1 heterocycles. The maximum Gasteiger partial charge on any atom is 0.251 e. The molecule has 0 aliphatic rings. The molecule has 0 saturated heterocycles. The van der Waals surface area contributed by atoms with Gasteiger partial charge in [0.2, 0.25) is 11.8 Å². The molecule has 0 fully saturated rings. The van der Waals surface area contributed by atoms with Gasteiger partial charge in [0.1, 0.15) is 0 Å². The fraction of sp³-hybridized carbons (Fsp3) is 0.120. The molecular weight excluding hydrogens is 404 g/mol. The van der Waals surface area contributed by atoms with Gasteiger partial charge in [0, 0.05) is 35.8 Å². The smallest absolute Gasteiger partial charge is 0.251 e. The van der Waals surface area contributed by atoms with Gasteiger partial charge in [0.25, 0.3) is 11.8 Å². The first-order valence-corrected chi connectivity index (χ1v) is 10.1. The molecular formula is C25H22N4O3. The van der Waals surface area contributed by atoms with Gasteiger partial charge >= 0.3 is 0 Å². The minimum absolute atomic E-state index is 0.145. The van der Waals surface area contributed by atoms with Crippen LogP contribution >= 0.6 is 0 Å². The Hall–Kier alpha value is -4.26. The van der Waals surface area contributed by atoms with Crippen LogP contribution in [-0.4, -0.2) is 29.1 Å². The quantitative estimate of drug-likeness (QED) is 0.486. The Kier molecular flexibility index (Phi) is 6.07. The Labute approximate surface area is 185 Å². The normalized spacial score (nSPS) is 10.6. The summed E-state index contributed by atoms with van der Waals surface area (Å²) in [6.45, 7) is 2.36. The van der Waals surface area contributed by atoms with E-state index in [1.807, 2.05) is 43.3 Å². The lowest BCUT2D eigenvalue weighted by atomic mass is 10.1. The van der Waals surface area contributed by atoms with Gasteiger partial charge in [-0.25, -0.2) is 0 Å². The van der Waals surface area contributed by atoms with Gasteiger partial charge < -0.3 is 15.1 Å². The van der Waals surface area contributed by atoms with E-state index < -0.39 is 0 Å². The van der Waals surface area contributed by atoms with Gasteiger partial charge in [0.05, 0.1) is 0 Å². The average molecular weight is 426 g/mol. The molecule has 3 aromatic carbocycles. The summed E-state index contributed by atoms with van der Waals surface area (Å²) in [5.41, 5.74) is 4.71. The van der Waals surface area contributed by atoms with Gasteiger partial charge in [-0.2, -0.15) is 0 Å². The number of hydrogen-bond acceptors (Lipinski definition) is 5. The van der Waals surface area contributed by atoms with Crippen molar-refractivity contribution in [3.05, 3.63) is 95.1 Å². The van der Waals surface area contributed by atoms with Crippen molar-refractivity contribution in [2.45, 2.75) is 13.5 Å². The van der Waals surface area contributed by atoms with Crippen LogP contribution in [0, 0.1) is 6.92 Å². The first-order valence-electron chi connectivity index (χ1n) is 10.1. The highest BCUT2D eigenvalue weighted by Crippen LogP contribution is 2.24. The van der Waals surface area contributed by atoms with Crippen molar-refractivity contribution in [2.24, 2.45) is 0 Å². The maximum atomic E-state index is 12.5. The van der Waals surface area contributed by atoms with E-state index >= 15 is 0 Å². The Morgan fingerprint density at radius 3 is 2.09 bits per heavy atom. The van der Waals surface area contributed by atoms with Crippen molar-refractivity contribution < 1.29 is 14.0 Å². The van der Waals surface area contributed by atoms with Crippen LogP contribution < -0.4 is 10.6 Å². The van der Waals surface area contributed by atoms with E-state index in [4.69, 9.17) is 4.42 Å². The summed E-state index contributed by atoms with van der Waals surface area (Å²) in [6, 6.07) is 21.9. The van der Waals surface area contributed by atoms with Crippen LogP contribution in [0.5, 0.6) is 0 Å². The third-order valence-electron chi connectivity index (χ3n) is 4.98. The number of nitrogens with zero attached hydrogens (tertiary/aromatic N) is 2. The Balaban J connectivity index is 1.39. The monoisotopic (exact) mass is 426 g/mol. The largest absolute Gasteiger partial charge is 0.416 e. The van der Waals surface area contributed by atoms with Crippen LogP contribution in [-0.2, 0) is 6.54 Å². The standard InChI is InChI=1S/C25H22N4O3/c1-16-4-3-5-21(14-16)25-29-28-24(32-25)20-12-10-19(11-13-20)23(31)27-15-17-6-8-18(9-7-17)22(30)26-2/h3-14H,15H2,1-2H3,(H,26,30)(H,27,31). The van der Waals surface area contributed by atoms with Gasteiger partial charge in [-0.1, -0.05) is 29.8 Å². The number of aromatic nitrogens is 2. The molecule has 32 heavy (non-hydrogen) atoms. The summed E-state index contributed by atoms with van der Waals surface area (Å²) in [7, 11) is 1.59. The second-order valence-corrected chi connectivity index (χ2v) is 7.32. The number of nitrogens with one attached hydrogen (secondary N) is 2. The van der Waals surface area contributed by atoms with Crippen LogP contribution in [0.1, 0.15) is 31.8 Å². The van der Waals surface area contributed by atoms with Gasteiger partial charge in [-0.15, -0.1) is 10.2 Å². The Bertz CT molecular complexity index is 1240. The molecule has 0 atom stereocenters. The molecule has 0 aliphatic heterocycles. The van der Waals surface area contributed by atoms with Crippen LogP contribution in [0.25, 0.3) is 22.9 Å². The van der Waals surface area contributed by atoms with Crippen molar-refractivity contribution in [1.29, 1.82) is 0 Å². The van der Waals surface area contributed by atoms with Crippen LogP contribution in [0.4, 0.5) is 0 Å². The van der Waals surface area contributed by atoms with Gasteiger partial charge in [-0.3, -0.25) is 9.59 Å². The van der Waals surface area contributed by atoms with E-state index in [1.54, 1.807) is 43.4 Å². The third-order valence-corrected chi connectivity index (χ3v) is 4.98. The molecule has 160 valence electrons. The molecule has 4 aromatic rings. The van der Waals surface area contributed by atoms with E-state index in [2.05, 4.69) is 20.8 Å². The summed E-state index contributed by atoms with van der Waals surface area (Å²) in [4.78, 5) is 24.1. The summed E-state index contributed by atoms with van der Waals surface area (Å²) < 4.78 is 5.80. The minimum atomic E-state index is -0.196. The topological polar surface area (TPSA) is 97.1 Å². The molecule has 4 rings (SSSR count). The number of amides is 2. The number of carbonyl (C=O) groups is 2. The highest BCUT2D eigenvalue weighted by atomic mass is 16.4. The zero-order chi connectivity index (χ0) is 22.5. The molecule has 0 radical (unpaired) electrons. The average Bonchev–Trinajstić information content (AvgIpc) is 3.33. The minimum Gasteiger partial charge on any atom is -0.416 e. The third kappa shape index (κ3) is 4.73. The number of rotatable bonds is 6. The first kappa shape index (κ1) is 21.0. The predicted octanol–water partition coefficient (Wildman–Crippen LogP) is 4.00. The lowest BCUT2D eigenvalue weighted by Crippen LogP contribution is -2.23. The lowest BCUT2D eigenvalue weighted by molar-refractivity contribution is 0.0946. The van der Waals surface area contributed by atoms with Gasteiger partial charge in [-0.05, 0) is 61.0 Å².